The zero-order chi connectivity index (χ0) is 21.9. The summed E-state index contributed by atoms with van der Waals surface area (Å²) >= 11 is 0. The number of fused-ring (bicyclic) bond motifs is 1. The van der Waals surface area contributed by atoms with Gasteiger partial charge in [0.05, 0.1) is 11.3 Å². The Bertz CT molecular complexity index is 1220. The molecule has 0 fully saturated rings. The standard InChI is InChI=1S/C24H26N6O2/c1-17-11-12-20(32-17)23-19(16-30(28-23)18-8-4-2-5-9-18)24(31)25-14-13-22-27-26-21-10-6-3-7-15-29(21)22/h2,4-5,8-9,11-12,16H,3,6-7,10,13-15H2,1H3,(H,25,31). The van der Waals surface area contributed by atoms with E-state index in [2.05, 4.69) is 25.2 Å². The van der Waals surface area contributed by atoms with Crippen molar-refractivity contribution in [1.82, 2.24) is 29.9 Å². The second kappa shape index (κ2) is 8.82. The molecule has 5 rings (SSSR count). The molecule has 1 amide bonds. The van der Waals surface area contributed by atoms with Crippen LogP contribution in [0.4, 0.5) is 0 Å². The van der Waals surface area contributed by atoms with Crippen molar-refractivity contribution in [3.8, 4) is 17.1 Å². The lowest BCUT2D eigenvalue weighted by Gasteiger charge is -2.08. The summed E-state index contributed by atoms with van der Waals surface area (Å²) < 4.78 is 9.69. The molecule has 1 aliphatic heterocycles. The van der Waals surface area contributed by atoms with Gasteiger partial charge in [-0.2, -0.15) is 5.10 Å². The molecule has 1 aliphatic rings. The molecule has 0 unspecified atom stereocenters. The molecule has 4 heterocycles. The van der Waals surface area contributed by atoms with Gasteiger partial charge in [0.15, 0.2) is 5.76 Å². The summed E-state index contributed by atoms with van der Waals surface area (Å²) in [5.74, 6) is 3.15. The highest BCUT2D eigenvalue weighted by Crippen LogP contribution is 2.25. The average molecular weight is 431 g/mol. The number of para-hydroxylation sites is 1. The molecule has 0 atom stereocenters. The topological polar surface area (TPSA) is 90.8 Å². The van der Waals surface area contributed by atoms with E-state index in [0.717, 1.165) is 48.9 Å². The minimum Gasteiger partial charge on any atom is -0.460 e. The number of hydrogen-bond acceptors (Lipinski definition) is 5. The van der Waals surface area contributed by atoms with Crippen LogP contribution >= 0.6 is 0 Å². The lowest BCUT2D eigenvalue weighted by atomic mass is 10.2. The van der Waals surface area contributed by atoms with E-state index in [1.54, 1.807) is 10.9 Å². The van der Waals surface area contributed by atoms with E-state index in [4.69, 9.17) is 4.42 Å². The number of benzene rings is 1. The first-order valence-electron chi connectivity index (χ1n) is 11.1. The Morgan fingerprint density at radius 2 is 1.97 bits per heavy atom. The number of carbonyl (C=O) groups excluding carboxylic acids is 1. The van der Waals surface area contributed by atoms with E-state index in [9.17, 15) is 4.79 Å². The molecule has 4 aromatic rings. The molecule has 3 aromatic heterocycles. The maximum atomic E-state index is 13.1. The number of nitrogens with one attached hydrogen (secondary N) is 1. The third-order valence-corrected chi connectivity index (χ3v) is 5.77. The average Bonchev–Trinajstić information content (AvgIpc) is 3.49. The summed E-state index contributed by atoms with van der Waals surface area (Å²) in [6.07, 6.45) is 6.90. The molecule has 0 bridgehead atoms. The fourth-order valence-corrected chi connectivity index (χ4v) is 4.11. The quantitative estimate of drug-likeness (QED) is 0.503. The summed E-state index contributed by atoms with van der Waals surface area (Å²) in [6.45, 7) is 3.31. The van der Waals surface area contributed by atoms with E-state index in [1.165, 1.54) is 6.42 Å². The Labute approximate surface area is 186 Å². The van der Waals surface area contributed by atoms with E-state index in [0.29, 0.717) is 30.0 Å². The summed E-state index contributed by atoms with van der Waals surface area (Å²) in [6, 6.07) is 13.4. The smallest absolute Gasteiger partial charge is 0.255 e. The number of aromatic nitrogens is 5. The van der Waals surface area contributed by atoms with E-state index >= 15 is 0 Å². The second-order valence-corrected chi connectivity index (χ2v) is 8.08. The maximum absolute atomic E-state index is 13.1. The first kappa shape index (κ1) is 20.2. The van der Waals surface area contributed by atoms with Gasteiger partial charge >= 0.3 is 0 Å². The first-order valence-corrected chi connectivity index (χ1v) is 11.1. The number of hydrogen-bond donors (Lipinski definition) is 1. The van der Waals surface area contributed by atoms with Gasteiger partial charge in [0.25, 0.3) is 5.91 Å². The van der Waals surface area contributed by atoms with Crippen LogP contribution < -0.4 is 5.32 Å². The SMILES string of the molecule is Cc1ccc(-c2nn(-c3ccccc3)cc2C(=O)NCCc2nnc3n2CCCCC3)o1. The fourth-order valence-electron chi connectivity index (χ4n) is 4.11. The zero-order valence-corrected chi connectivity index (χ0v) is 18.1. The Morgan fingerprint density at radius 1 is 1.09 bits per heavy atom. The Kier molecular flexibility index (Phi) is 5.58. The molecule has 0 radical (unpaired) electrons. The van der Waals surface area contributed by atoms with Crippen LogP contribution in [0.15, 0.2) is 53.1 Å². The van der Waals surface area contributed by atoms with Gasteiger partial charge in [-0.25, -0.2) is 4.68 Å². The highest BCUT2D eigenvalue weighted by Gasteiger charge is 2.21. The molecule has 0 saturated carbocycles. The minimum atomic E-state index is -0.188. The monoisotopic (exact) mass is 430 g/mol. The van der Waals surface area contributed by atoms with Crippen LogP contribution in [0.1, 0.15) is 47.0 Å². The molecule has 164 valence electrons. The summed E-state index contributed by atoms with van der Waals surface area (Å²) in [5, 5.41) is 16.4. The van der Waals surface area contributed by atoms with Crippen LogP contribution in [-0.2, 0) is 19.4 Å². The number of amides is 1. The van der Waals surface area contributed by atoms with Crippen LogP contribution in [0.2, 0.25) is 0 Å². The van der Waals surface area contributed by atoms with Gasteiger partial charge in [0.1, 0.15) is 23.1 Å². The van der Waals surface area contributed by atoms with Crippen molar-refractivity contribution < 1.29 is 9.21 Å². The summed E-state index contributed by atoms with van der Waals surface area (Å²) in [5.41, 5.74) is 1.88. The normalized spacial score (nSPS) is 13.5. The Morgan fingerprint density at radius 3 is 2.78 bits per heavy atom. The van der Waals surface area contributed by atoms with Gasteiger partial charge in [-0.3, -0.25) is 4.79 Å². The van der Waals surface area contributed by atoms with Crippen molar-refractivity contribution in [2.24, 2.45) is 0 Å². The van der Waals surface area contributed by atoms with E-state index in [-0.39, 0.29) is 5.91 Å². The molecule has 0 spiro atoms. The molecule has 0 saturated heterocycles. The summed E-state index contributed by atoms with van der Waals surface area (Å²) in [7, 11) is 0. The van der Waals surface area contributed by atoms with Gasteiger partial charge in [0, 0.05) is 32.1 Å². The van der Waals surface area contributed by atoms with Crippen molar-refractivity contribution in [2.75, 3.05) is 6.54 Å². The second-order valence-electron chi connectivity index (χ2n) is 8.08. The third kappa shape index (κ3) is 4.08. The molecule has 32 heavy (non-hydrogen) atoms. The highest BCUT2D eigenvalue weighted by atomic mass is 16.3. The van der Waals surface area contributed by atoms with Gasteiger partial charge in [-0.15, -0.1) is 10.2 Å². The molecule has 0 aliphatic carbocycles. The van der Waals surface area contributed by atoms with Crippen molar-refractivity contribution in [2.45, 2.75) is 45.6 Å². The third-order valence-electron chi connectivity index (χ3n) is 5.77. The Hall–Kier alpha value is -3.68. The first-order chi connectivity index (χ1) is 15.7. The molecule has 8 nitrogen and oxygen atoms in total. The summed E-state index contributed by atoms with van der Waals surface area (Å²) in [4.78, 5) is 13.1. The van der Waals surface area contributed by atoms with Gasteiger partial charge in [-0.1, -0.05) is 24.6 Å². The molecule has 8 heteroatoms. The van der Waals surface area contributed by atoms with Gasteiger partial charge < -0.3 is 14.3 Å². The van der Waals surface area contributed by atoms with Crippen molar-refractivity contribution in [3.05, 3.63) is 71.6 Å². The lowest BCUT2D eigenvalue weighted by molar-refractivity contribution is 0.0954. The number of nitrogens with zero attached hydrogens (tertiary/aromatic N) is 5. The van der Waals surface area contributed by atoms with Crippen molar-refractivity contribution in [1.29, 1.82) is 0 Å². The predicted molar refractivity (Wildman–Crippen MR) is 120 cm³/mol. The van der Waals surface area contributed by atoms with Gasteiger partial charge in [-0.05, 0) is 44.0 Å². The molecule has 1 aromatic carbocycles. The minimum absolute atomic E-state index is 0.188. The van der Waals surface area contributed by atoms with E-state index < -0.39 is 0 Å². The maximum Gasteiger partial charge on any atom is 0.255 e. The fraction of sp³-hybridized carbons (Fsp3) is 0.333. The molecular formula is C24H26N6O2. The van der Waals surface area contributed by atoms with Crippen LogP contribution in [-0.4, -0.2) is 37.0 Å². The molecule has 1 N–H and O–H groups in total. The number of furan rings is 1. The predicted octanol–water partition coefficient (Wildman–Crippen LogP) is 3.73. The van der Waals surface area contributed by atoms with Crippen LogP contribution in [0.5, 0.6) is 0 Å². The highest BCUT2D eigenvalue weighted by molar-refractivity contribution is 5.99. The number of rotatable bonds is 6. The van der Waals surface area contributed by atoms with E-state index in [1.807, 2.05) is 49.4 Å². The van der Waals surface area contributed by atoms with Crippen LogP contribution in [0, 0.1) is 6.92 Å². The largest absolute Gasteiger partial charge is 0.460 e. The van der Waals surface area contributed by atoms with Crippen molar-refractivity contribution in [3.63, 3.8) is 0 Å². The molecular weight excluding hydrogens is 404 g/mol. The van der Waals surface area contributed by atoms with Crippen LogP contribution in [0.3, 0.4) is 0 Å². The van der Waals surface area contributed by atoms with Gasteiger partial charge in [0.2, 0.25) is 0 Å². The Balaban J connectivity index is 1.35. The lowest BCUT2D eigenvalue weighted by Crippen LogP contribution is -2.26. The van der Waals surface area contributed by atoms with Crippen molar-refractivity contribution >= 4 is 5.91 Å². The number of carbonyl (C=O) groups is 1. The van der Waals surface area contributed by atoms with Crippen LogP contribution in [0.25, 0.3) is 17.1 Å². The number of aryl methyl sites for hydroxylation is 2. The zero-order valence-electron chi connectivity index (χ0n) is 18.1.